The molecule has 1 aliphatic rings. The van der Waals surface area contributed by atoms with E-state index in [0.29, 0.717) is 37.8 Å². The number of aromatic nitrogens is 1. The average molecular weight is 429 g/mol. The van der Waals surface area contributed by atoms with E-state index in [1.165, 1.54) is 0 Å². The first kappa shape index (κ1) is 22.4. The smallest absolute Gasteiger partial charge is 0.200 e. The predicted molar refractivity (Wildman–Crippen MR) is 101 cm³/mol. The van der Waals surface area contributed by atoms with Gasteiger partial charge >= 0.3 is 0 Å². The average Bonchev–Trinajstić information content (AvgIpc) is 3.15. The summed E-state index contributed by atoms with van der Waals surface area (Å²) in [5.74, 6) is -8.95. The Morgan fingerprint density at radius 1 is 1.10 bits per heavy atom. The Hall–Kier alpha value is -2.26. The number of hydrogen-bond acceptors (Lipinski definition) is 4. The van der Waals surface area contributed by atoms with Gasteiger partial charge in [-0.25, -0.2) is 22.0 Å². The van der Waals surface area contributed by atoms with Gasteiger partial charge in [0.1, 0.15) is 11.9 Å². The van der Waals surface area contributed by atoms with Crippen LogP contribution in [0.15, 0.2) is 18.3 Å². The summed E-state index contributed by atoms with van der Waals surface area (Å²) in [4.78, 5) is 8.07. The Labute approximate surface area is 172 Å². The first-order chi connectivity index (χ1) is 14.2. The van der Waals surface area contributed by atoms with Crippen molar-refractivity contribution in [1.29, 1.82) is 0 Å². The molecule has 2 heterocycles. The molecule has 164 valence electrons. The summed E-state index contributed by atoms with van der Waals surface area (Å²) < 4.78 is 73.8. The highest BCUT2D eigenvalue weighted by atomic mass is 19.2. The van der Waals surface area contributed by atoms with Crippen molar-refractivity contribution in [2.45, 2.75) is 45.5 Å². The zero-order valence-electron chi connectivity index (χ0n) is 17.1. The highest BCUT2D eigenvalue weighted by Gasteiger charge is 2.30. The van der Waals surface area contributed by atoms with E-state index in [-0.39, 0.29) is 12.6 Å². The van der Waals surface area contributed by atoms with Crippen LogP contribution in [0.25, 0.3) is 0 Å². The van der Waals surface area contributed by atoms with Crippen LogP contribution in [0.3, 0.4) is 0 Å². The topological polar surface area (TPSA) is 28.6 Å². The zero-order chi connectivity index (χ0) is 22.0. The third-order valence-electron chi connectivity index (χ3n) is 5.30. The molecule has 1 saturated heterocycles. The second kappa shape index (κ2) is 9.26. The summed E-state index contributed by atoms with van der Waals surface area (Å²) in [7, 11) is 1.99. The zero-order valence-corrected chi connectivity index (χ0v) is 17.1. The van der Waals surface area contributed by atoms with E-state index in [1.807, 2.05) is 13.1 Å². The maximum atomic E-state index is 13.9. The molecule has 0 radical (unpaired) electrons. The van der Waals surface area contributed by atoms with Crippen molar-refractivity contribution in [2.75, 3.05) is 20.1 Å². The number of nitrogens with zero attached hydrogens (tertiary/aromatic N) is 3. The van der Waals surface area contributed by atoms with Crippen LogP contribution in [0.4, 0.5) is 22.0 Å². The first-order valence-corrected chi connectivity index (χ1v) is 9.71. The summed E-state index contributed by atoms with van der Waals surface area (Å²) in [6.45, 7) is 5.16. The van der Waals surface area contributed by atoms with Gasteiger partial charge in [-0.2, -0.15) is 0 Å². The number of ether oxygens (including phenoxy) is 1. The maximum Gasteiger partial charge on any atom is 0.200 e. The summed E-state index contributed by atoms with van der Waals surface area (Å²) in [6.07, 6.45) is 1.96. The number of likely N-dealkylation sites (tertiary alicyclic amines) is 1. The number of hydrogen-bond donors (Lipinski definition) is 0. The minimum Gasteiger partial charge on any atom is -0.489 e. The number of pyridine rings is 1. The van der Waals surface area contributed by atoms with E-state index in [2.05, 4.69) is 23.7 Å². The van der Waals surface area contributed by atoms with Gasteiger partial charge in [-0.15, -0.1) is 0 Å². The van der Waals surface area contributed by atoms with Gasteiger partial charge in [0.25, 0.3) is 0 Å². The standard InChI is InChI=1S/C21H24F5N3O/c1-12(2)28(3)9-13-8-14(4-6-27-13)30-15-5-7-29(10-15)11-16-17(22)19(24)21(26)20(25)18(16)23/h4,6,8,12,15H,5,7,9-11H2,1-3H3. The molecule has 9 heteroatoms. The third kappa shape index (κ3) is 4.89. The quantitative estimate of drug-likeness (QED) is 0.373. The lowest BCUT2D eigenvalue weighted by molar-refractivity contribution is 0.195. The monoisotopic (exact) mass is 429 g/mol. The van der Waals surface area contributed by atoms with Crippen molar-refractivity contribution in [3.05, 3.63) is 58.7 Å². The van der Waals surface area contributed by atoms with Crippen molar-refractivity contribution in [1.82, 2.24) is 14.8 Å². The molecule has 1 atom stereocenters. The molecule has 0 bridgehead atoms. The Morgan fingerprint density at radius 3 is 2.37 bits per heavy atom. The summed E-state index contributed by atoms with van der Waals surface area (Å²) in [5, 5.41) is 0. The molecule has 1 aliphatic heterocycles. The van der Waals surface area contributed by atoms with E-state index in [9.17, 15) is 22.0 Å². The van der Waals surface area contributed by atoms with Crippen molar-refractivity contribution in [2.24, 2.45) is 0 Å². The molecule has 0 N–H and O–H groups in total. The highest BCUT2D eigenvalue weighted by molar-refractivity contribution is 5.25. The molecular formula is C21H24F5N3O. The van der Waals surface area contributed by atoms with Gasteiger partial charge in [0, 0.05) is 50.0 Å². The van der Waals surface area contributed by atoms with Crippen LogP contribution in [-0.2, 0) is 13.1 Å². The molecule has 1 fully saturated rings. The predicted octanol–water partition coefficient (Wildman–Crippen LogP) is 4.27. The van der Waals surface area contributed by atoms with Crippen molar-refractivity contribution in [3.8, 4) is 5.75 Å². The van der Waals surface area contributed by atoms with Gasteiger partial charge in [-0.1, -0.05) is 0 Å². The van der Waals surface area contributed by atoms with Gasteiger partial charge in [0.15, 0.2) is 23.3 Å². The summed E-state index contributed by atoms with van der Waals surface area (Å²) >= 11 is 0. The van der Waals surface area contributed by atoms with E-state index >= 15 is 0 Å². The van der Waals surface area contributed by atoms with E-state index < -0.39 is 34.6 Å². The Balaban J connectivity index is 1.63. The normalized spacial score (nSPS) is 17.3. The maximum absolute atomic E-state index is 13.9. The van der Waals surface area contributed by atoms with Crippen LogP contribution >= 0.6 is 0 Å². The van der Waals surface area contributed by atoms with Gasteiger partial charge in [-0.05, 0) is 33.4 Å². The third-order valence-corrected chi connectivity index (χ3v) is 5.30. The second-order valence-corrected chi connectivity index (χ2v) is 7.80. The van der Waals surface area contributed by atoms with Gasteiger partial charge < -0.3 is 4.74 Å². The summed E-state index contributed by atoms with van der Waals surface area (Å²) in [6, 6.07) is 3.93. The van der Waals surface area contributed by atoms with Gasteiger partial charge in [0.2, 0.25) is 5.82 Å². The number of halogens is 5. The van der Waals surface area contributed by atoms with Gasteiger partial charge in [-0.3, -0.25) is 14.8 Å². The largest absolute Gasteiger partial charge is 0.489 e. The lowest BCUT2D eigenvalue weighted by atomic mass is 10.1. The number of benzene rings is 1. The molecule has 30 heavy (non-hydrogen) atoms. The lowest BCUT2D eigenvalue weighted by Crippen LogP contribution is -2.27. The molecule has 2 aromatic rings. The summed E-state index contributed by atoms with van der Waals surface area (Å²) in [5.41, 5.74) is 0.0231. The fourth-order valence-corrected chi connectivity index (χ4v) is 3.30. The molecule has 3 rings (SSSR count). The van der Waals surface area contributed by atoms with Crippen LogP contribution in [0.1, 0.15) is 31.5 Å². The van der Waals surface area contributed by atoms with Crippen molar-refractivity contribution < 1.29 is 26.7 Å². The van der Waals surface area contributed by atoms with Crippen LogP contribution in [0.5, 0.6) is 5.75 Å². The van der Waals surface area contributed by atoms with E-state index in [0.717, 1.165) is 5.69 Å². The fraction of sp³-hybridized carbons (Fsp3) is 0.476. The molecule has 1 aromatic heterocycles. The van der Waals surface area contributed by atoms with Crippen LogP contribution < -0.4 is 4.74 Å². The van der Waals surface area contributed by atoms with Crippen LogP contribution in [0.2, 0.25) is 0 Å². The van der Waals surface area contributed by atoms with E-state index in [1.54, 1.807) is 17.2 Å². The molecular weight excluding hydrogens is 405 g/mol. The van der Waals surface area contributed by atoms with Gasteiger partial charge in [0.05, 0.1) is 5.69 Å². The molecule has 1 aromatic carbocycles. The molecule has 1 unspecified atom stereocenters. The van der Waals surface area contributed by atoms with Crippen molar-refractivity contribution in [3.63, 3.8) is 0 Å². The molecule has 0 amide bonds. The Kier molecular flexibility index (Phi) is 6.92. The van der Waals surface area contributed by atoms with E-state index in [4.69, 9.17) is 4.74 Å². The lowest BCUT2D eigenvalue weighted by Gasteiger charge is -2.21. The minimum atomic E-state index is -2.15. The molecule has 4 nitrogen and oxygen atoms in total. The number of rotatable bonds is 7. The second-order valence-electron chi connectivity index (χ2n) is 7.80. The van der Waals surface area contributed by atoms with Crippen LogP contribution in [-0.4, -0.2) is 47.1 Å². The van der Waals surface area contributed by atoms with Crippen molar-refractivity contribution >= 4 is 0 Å². The first-order valence-electron chi connectivity index (χ1n) is 9.71. The Morgan fingerprint density at radius 2 is 1.73 bits per heavy atom. The SMILES string of the molecule is CC(C)N(C)Cc1cc(OC2CCN(Cc3c(F)c(F)c(F)c(F)c3F)C2)ccn1. The highest BCUT2D eigenvalue weighted by Crippen LogP contribution is 2.26. The molecule has 0 saturated carbocycles. The van der Waals surface area contributed by atoms with Crippen LogP contribution in [0, 0.1) is 29.1 Å². The molecule has 0 aliphatic carbocycles. The minimum absolute atomic E-state index is 0.260. The molecule has 0 spiro atoms. The fourth-order valence-electron chi connectivity index (χ4n) is 3.30. The Bertz CT molecular complexity index is 879.